The molecule has 0 saturated heterocycles. The van der Waals surface area contributed by atoms with E-state index in [2.05, 4.69) is 59.0 Å². The van der Waals surface area contributed by atoms with Crippen LogP contribution in [0.2, 0.25) is 0 Å². The Labute approximate surface area is 120 Å². The Morgan fingerprint density at radius 1 is 1.35 bits per heavy atom. The maximum Gasteiger partial charge on any atom is 0.0951 e. The van der Waals surface area contributed by atoms with Crippen molar-refractivity contribution in [3.05, 3.63) is 42.0 Å². The Morgan fingerprint density at radius 3 is 2.80 bits per heavy atom. The van der Waals surface area contributed by atoms with Crippen LogP contribution in [-0.4, -0.2) is 23.6 Å². The molecular weight excluding hydrogens is 248 g/mol. The number of hydrogen-bond donors (Lipinski definition) is 1. The summed E-state index contributed by atoms with van der Waals surface area (Å²) in [6.45, 7) is 2.98. The van der Waals surface area contributed by atoms with Gasteiger partial charge in [0, 0.05) is 37.7 Å². The normalized spacial score (nSPS) is 14.3. The highest BCUT2D eigenvalue weighted by atomic mass is 15.1. The predicted molar refractivity (Wildman–Crippen MR) is 83.3 cm³/mol. The van der Waals surface area contributed by atoms with E-state index in [-0.39, 0.29) is 0 Å². The van der Waals surface area contributed by atoms with Crippen LogP contribution in [0.4, 0.5) is 11.4 Å². The van der Waals surface area contributed by atoms with Crippen LogP contribution in [0.5, 0.6) is 0 Å². The number of nitrogens with zero attached hydrogens (tertiary/aromatic N) is 3. The molecule has 0 radical (unpaired) electrons. The summed E-state index contributed by atoms with van der Waals surface area (Å²) in [5.74, 6) is 0. The molecule has 106 valence electrons. The first-order valence-electron chi connectivity index (χ1n) is 7.17. The number of aromatic nitrogens is 2. The fraction of sp³-hybridized carbons (Fsp3) is 0.438. The van der Waals surface area contributed by atoms with Crippen molar-refractivity contribution in [1.29, 1.82) is 0 Å². The van der Waals surface area contributed by atoms with Crippen molar-refractivity contribution in [1.82, 2.24) is 9.55 Å². The average molecular weight is 270 g/mol. The standard InChI is InChI=1S/C16H22N4/c1-12-8-14(19(2)3)6-7-16(12)18-10-15-9-17-11-20(15)13-4-5-13/h6-9,11,13,18H,4-5,10H2,1-3H3. The number of hydrogen-bond acceptors (Lipinski definition) is 3. The quantitative estimate of drug-likeness (QED) is 0.905. The van der Waals surface area contributed by atoms with Crippen molar-refractivity contribution in [2.75, 3.05) is 24.3 Å². The van der Waals surface area contributed by atoms with E-state index in [9.17, 15) is 0 Å². The molecule has 1 heterocycles. The molecule has 1 saturated carbocycles. The topological polar surface area (TPSA) is 33.1 Å². The number of aryl methyl sites for hydroxylation is 1. The minimum atomic E-state index is 0.687. The van der Waals surface area contributed by atoms with Crippen LogP contribution < -0.4 is 10.2 Å². The van der Waals surface area contributed by atoms with Crippen molar-refractivity contribution in [2.45, 2.75) is 32.4 Å². The summed E-state index contributed by atoms with van der Waals surface area (Å²) in [6, 6.07) is 7.20. The van der Waals surface area contributed by atoms with Crippen molar-refractivity contribution in [3.8, 4) is 0 Å². The van der Waals surface area contributed by atoms with Gasteiger partial charge in [-0.25, -0.2) is 4.98 Å². The van der Waals surface area contributed by atoms with Gasteiger partial charge in [-0.05, 0) is 43.5 Å². The molecular formula is C16H22N4. The Balaban J connectivity index is 1.70. The summed E-state index contributed by atoms with van der Waals surface area (Å²) in [6.07, 6.45) is 6.51. The first-order chi connectivity index (χ1) is 9.65. The van der Waals surface area contributed by atoms with Gasteiger partial charge >= 0.3 is 0 Å². The van der Waals surface area contributed by atoms with E-state index in [4.69, 9.17) is 0 Å². The Bertz CT molecular complexity index is 596. The third-order valence-electron chi connectivity index (χ3n) is 3.87. The van der Waals surface area contributed by atoms with Crippen LogP contribution in [0.1, 0.15) is 30.1 Å². The lowest BCUT2D eigenvalue weighted by Crippen LogP contribution is -2.10. The van der Waals surface area contributed by atoms with Crippen LogP contribution in [-0.2, 0) is 6.54 Å². The van der Waals surface area contributed by atoms with E-state index < -0.39 is 0 Å². The summed E-state index contributed by atoms with van der Waals surface area (Å²) in [4.78, 5) is 6.40. The smallest absolute Gasteiger partial charge is 0.0951 e. The molecule has 0 aliphatic heterocycles. The second-order valence-corrected chi connectivity index (χ2v) is 5.77. The van der Waals surface area contributed by atoms with E-state index in [1.165, 1.54) is 35.5 Å². The van der Waals surface area contributed by atoms with E-state index in [0.717, 1.165) is 6.54 Å². The highest BCUT2D eigenvalue weighted by molar-refractivity contribution is 5.59. The fourth-order valence-electron chi connectivity index (χ4n) is 2.46. The lowest BCUT2D eigenvalue weighted by molar-refractivity contribution is 0.701. The van der Waals surface area contributed by atoms with E-state index in [0.29, 0.717) is 6.04 Å². The molecule has 20 heavy (non-hydrogen) atoms. The molecule has 1 fully saturated rings. The van der Waals surface area contributed by atoms with Gasteiger partial charge in [-0.1, -0.05) is 0 Å². The predicted octanol–water partition coefficient (Wildman–Crippen LogP) is 3.20. The van der Waals surface area contributed by atoms with Gasteiger partial charge in [0.25, 0.3) is 0 Å². The van der Waals surface area contributed by atoms with Gasteiger partial charge in [-0.15, -0.1) is 0 Å². The van der Waals surface area contributed by atoms with Crippen LogP contribution >= 0.6 is 0 Å². The minimum Gasteiger partial charge on any atom is -0.379 e. The zero-order valence-corrected chi connectivity index (χ0v) is 12.4. The molecule has 0 atom stereocenters. The number of anilines is 2. The maximum atomic E-state index is 4.27. The molecule has 0 amide bonds. The highest BCUT2D eigenvalue weighted by Gasteiger charge is 2.24. The number of imidazole rings is 1. The molecule has 1 aromatic heterocycles. The third-order valence-corrected chi connectivity index (χ3v) is 3.87. The molecule has 4 heteroatoms. The van der Waals surface area contributed by atoms with E-state index >= 15 is 0 Å². The van der Waals surface area contributed by atoms with Gasteiger partial charge < -0.3 is 14.8 Å². The molecule has 2 aromatic rings. The van der Waals surface area contributed by atoms with Gasteiger partial charge in [0.05, 0.1) is 18.6 Å². The van der Waals surface area contributed by atoms with Crippen molar-refractivity contribution >= 4 is 11.4 Å². The molecule has 1 aliphatic carbocycles. The van der Waals surface area contributed by atoms with Crippen LogP contribution in [0.25, 0.3) is 0 Å². The van der Waals surface area contributed by atoms with Crippen molar-refractivity contribution < 1.29 is 0 Å². The molecule has 0 spiro atoms. The molecule has 1 N–H and O–H groups in total. The van der Waals surface area contributed by atoms with Gasteiger partial charge in [0.15, 0.2) is 0 Å². The summed E-state index contributed by atoms with van der Waals surface area (Å²) >= 11 is 0. The average Bonchev–Trinajstić information content (AvgIpc) is 3.16. The highest BCUT2D eigenvalue weighted by Crippen LogP contribution is 2.35. The van der Waals surface area contributed by atoms with E-state index in [1.807, 2.05) is 12.5 Å². The summed E-state index contributed by atoms with van der Waals surface area (Å²) in [5, 5.41) is 3.53. The minimum absolute atomic E-state index is 0.687. The van der Waals surface area contributed by atoms with Crippen LogP contribution in [0.15, 0.2) is 30.7 Å². The molecule has 4 nitrogen and oxygen atoms in total. The molecule has 1 aliphatic rings. The number of benzene rings is 1. The fourth-order valence-corrected chi connectivity index (χ4v) is 2.46. The van der Waals surface area contributed by atoms with Crippen molar-refractivity contribution in [3.63, 3.8) is 0 Å². The zero-order chi connectivity index (χ0) is 14.1. The largest absolute Gasteiger partial charge is 0.379 e. The van der Waals surface area contributed by atoms with Crippen LogP contribution in [0.3, 0.4) is 0 Å². The lowest BCUT2D eigenvalue weighted by atomic mass is 10.1. The SMILES string of the molecule is Cc1cc(N(C)C)ccc1NCc1cncn1C1CC1. The molecule has 0 unspecified atom stereocenters. The molecule has 3 rings (SSSR count). The Morgan fingerprint density at radius 2 is 2.15 bits per heavy atom. The van der Waals surface area contributed by atoms with E-state index in [1.54, 1.807) is 0 Å². The number of rotatable bonds is 5. The Kier molecular flexibility index (Phi) is 3.38. The first kappa shape index (κ1) is 13.0. The monoisotopic (exact) mass is 270 g/mol. The van der Waals surface area contributed by atoms with Crippen molar-refractivity contribution in [2.24, 2.45) is 0 Å². The first-order valence-corrected chi connectivity index (χ1v) is 7.17. The maximum absolute atomic E-state index is 4.27. The zero-order valence-electron chi connectivity index (χ0n) is 12.4. The molecule has 1 aromatic carbocycles. The molecule has 0 bridgehead atoms. The lowest BCUT2D eigenvalue weighted by Gasteiger charge is -2.16. The van der Waals surface area contributed by atoms with Crippen LogP contribution in [0, 0.1) is 6.92 Å². The van der Waals surface area contributed by atoms with Gasteiger partial charge in [0.2, 0.25) is 0 Å². The third kappa shape index (κ3) is 2.64. The summed E-state index contributed by atoms with van der Waals surface area (Å²) in [5.41, 5.74) is 4.97. The van der Waals surface area contributed by atoms with Gasteiger partial charge in [-0.2, -0.15) is 0 Å². The number of nitrogens with one attached hydrogen (secondary N) is 1. The van der Waals surface area contributed by atoms with Gasteiger partial charge in [-0.3, -0.25) is 0 Å². The second kappa shape index (κ2) is 5.19. The Hall–Kier alpha value is -1.97. The summed E-state index contributed by atoms with van der Waals surface area (Å²) in [7, 11) is 4.13. The second-order valence-electron chi connectivity index (χ2n) is 5.77. The van der Waals surface area contributed by atoms with Gasteiger partial charge in [0.1, 0.15) is 0 Å². The summed E-state index contributed by atoms with van der Waals surface area (Å²) < 4.78 is 2.30.